The summed E-state index contributed by atoms with van der Waals surface area (Å²) in [7, 11) is -2.09. The van der Waals surface area contributed by atoms with Crippen molar-refractivity contribution in [2.75, 3.05) is 5.73 Å². The van der Waals surface area contributed by atoms with Crippen molar-refractivity contribution in [3.63, 3.8) is 0 Å². The van der Waals surface area contributed by atoms with Crippen molar-refractivity contribution in [2.24, 2.45) is 0 Å². The van der Waals surface area contributed by atoms with Crippen LogP contribution in [0, 0.1) is 0 Å². The predicted octanol–water partition coefficient (Wildman–Crippen LogP) is 1.04. The van der Waals surface area contributed by atoms with Crippen LogP contribution in [0.1, 0.15) is 10.5 Å². The number of hydrogen-bond acceptors (Lipinski definition) is 8. The molecule has 0 amide bonds. The Kier molecular flexibility index (Phi) is 5.42. The van der Waals surface area contributed by atoms with Crippen LogP contribution in [0.2, 0.25) is 0 Å². The summed E-state index contributed by atoms with van der Waals surface area (Å²) in [6.07, 6.45) is 3.05. The zero-order valence-corrected chi connectivity index (χ0v) is 16.1. The number of aromatic carboxylic acids is 1. The highest BCUT2D eigenvalue weighted by molar-refractivity contribution is 6.60. The fourth-order valence-corrected chi connectivity index (χ4v) is 3.27. The third-order valence-corrected chi connectivity index (χ3v) is 4.69. The van der Waals surface area contributed by atoms with Crippen molar-refractivity contribution in [3.05, 3.63) is 54.5 Å². The molecule has 0 bridgehead atoms. The summed E-state index contributed by atoms with van der Waals surface area (Å²) in [5, 5.41) is 40.6. The minimum absolute atomic E-state index is 0.0616. The number of nitrogens with two attached hydrogens (primary N) is 1. The molecule has 2 aromatic carbocycles. The van der Waals surface area contributed by atoms with Gasteiger partial charge in [0.15, 0.2) is 5.69 Å². The van der Waals surface area contributed by atoms with Crippen LogP contribution in [0.3, 0.4) is 0 Å². The van der Waals surface area contributed by atoms with E-state index in [1.807, 2.05) is 0 Å². The van der Waals surface area contributed by atoms with Crippen LogP contribution < -0.4 is 15.9 Å². The zero-order chi connectivity index (χ0) is 23.0. The highest BCUT2D eigenvalue weighted by atomic mass is 19.3. The van der Waals surface area contributed by atoms with Crippen molar-refractivity contribution in [2.45, 2.75) is 6.61 Å². The number of nitrogens with zero attached hydrogens (tertiary/aromatic N) is 4. The maximum atomic E-state index is 12.9. The van der Waals surface area contributed by atoms with Crippen molar-refractivity contribution < 1.29 is 33.5 Å². The number of hydrogen-bond donors (Lipinski definition) is 4. The summed E-state index contributed by atoms with van der Waals surface area (Å²) < 4.78 is 31.6. The largest absolute Gasteiger partial charge is 0.492 e. The molecule has 162 valence electrons. The number of halogens is 2. The van der Waals surface area contributed by atoms with Crippen LogP contribution in [-0.4, -0.2) is 54.8 Å². The quantitative estimate of drug-likeness (QED) is 0.321. The summed E-state index contributed by atoms with van der Waals surface area (Å²) >= 11 is 0. The molecule has 5 N–H and O–H groups in total. The van der Waals surface area contributed by atoms with Gasteiger partial charge in [0.2, 0.25) is 0 Å². The predicted molar refractivity (Wildman–Crippen MR) is 110 cm³/mol. The molecule has 0 saturated heterocycles. The van der Waals surface area contributed by atoms with Gasteiger partial charge in [-0.15, -0.1) is 10.2 Å². The van der Waals surface area contributed by atoms with Crippen LogP contribution >= 0.6 is 0 Å². The van der Waals surface area contributed by atoms with Gasteiger partial charge in [0.05, 0.1) is 16.9 Å². The SMILES string of the molecule is Nc1c(C(=O)O)nnc2cc(-c3cc(B(O)O)c(OC(F)F)cc3-n3cccn3)ccc12. The van der Waals surface area contributed by atoms with E-state index in [0.717, 1.165) is 0 Å². The Morgan fingerprint density at radius 2 is 1.97 bits per heavy atom. The molecular weight excluding hydrogens is 427 g/mol. The molecule has 0 radical (unpaired) electrons. The number of benzene rings is 2. The molecule has 0 atom stereocenters. The van der Waals surface area contributed by atoms with Gasteiger partial charge in [0.1, 0.15) is 5.75 Å². The molecule has 2 aromatic heterocycles. The molecule has 0 saturated carbocycles. The van der Waals surface area contributed by atoms with Gasteiger partial charge in [0, 0.05) is 34.9 Å². The molecule has 0 unspecified atom stereocenters. The fourth-order valence-electron chi connectivity index (χ4n) is 3.27. The molecule has 2 heterocycles. The molecule has 0 aliphatic carbocycles. The minimum Gasteiger partial charge on any atom is -0.476 e. The second-order valence-corrected chi connectivity index (χ2v) is 6.61. The van der Waals surface area contributed by atoms with Crippen molar-refractivity contribution >= 4 is 35.1 Å². The summed E-state index contributed by atoms with van der Waals surface area (Å²) in [6, 6.07) is 8.78. The fraction of sp³-hybridized carbons (Fsp3) is 0.0526. The Bertz CT molecular complexity index is 1320. The van der Waals surface area contributed by atoms with E-state index in [0.29, 0.717) is 22.2 Å². The third-order valence-electron chi connectivity index (χ3n) is 4.69. The number of alkyl halides is 2. The number of carbonyl (C=O) groups is 1. The number of anilines is 1. The first-order valence-corrected chi connectivity index (χ1v) is 9.04. The highest BCUT2D eigenvalue weighted by Crippen LogP contribution is 2.33. The molecule has 4 rings (SSSR count). The second kappa shape index (κ2) is 8.21. The normalized spacial score (nSPS) is 11.2. The molecule has 0 aliphatic rings. The lowest BCUT2D eigenvalue weighted by atomic mass is 9.77. The summed E-state index contributed by atoms with van der Waals surface area (Å²) in [4.78, 5) is 11.2. The Morgan fingerprint density at radius 1 is 1.19 bits per heavy atom. The minimum atomic E-state index is -3.19. The van der Waals surface area contributed by atoms with Gasteiger partial charge in [0.25, 0.3) is 0 Å². The van der Waals surface area contributed by atoms with Crippen molar-refractivity contribution in [3.8, 4) is 22.6 Å². The van der Waals surface area contributed by atoms with Crippen LogP contribution in [0.5, 0.6) is 5.75 Å². The second-order valence-electron chi connectivity index (χ2n) is 6.61. The molecule has 13 heteroatoms. The molecule has 4 aromatic rings. The Morgan fingerprint density at radius 3 is 2.59 bits per heavy atom. The number of carboxylic acid groups (broad SMARTS) is 1. The van der Waals surface area contributed by atoms with E-state index in [-0.39, 0.29) is 22.4 Å². The first-order chi connectivity index (χ1) is 15.3. The topological polar surface area (TPSA) is 157 Å². The number of carboxylic acids is 1. The van der Waals surface area contributed by atoms with E-state index >= 15 is 0 Å². The lowest BCUT2D eigenvalue weighted by molar-refractivity contribution is -0.0492. The van der Waals surface area contributed by atoms with Gasteiger partial charge >= 0.3 is 19.7 Å². The smallest absolute Gasteiger partial charge is 0.476 e. The number of aromatic nitrogens is 4. The van der Waals surface area contributed by atoms with E-state index in [9.17, 15) is 23.6 Å². The first-order valence-electron chi connectivity index (χ1n) is 9.04. The maximum Gasteiger partial charge on any atom is 0.492 e. The Labute approximate surface area is 178 Å². The number of rotatable bonds is 6. The molecule has 0 fully saturated rings. The molecule has 0 spiro atoms. The van der Waals surface area contributed by atoms with E-state index < -0.39 is 25.4 Å². The lowest BCUT2D eigenvalue weighted by Gasteiger charge is -2.17. The van der Waals surface area contributed by atoms with Crippen molar-refractivity contribution in [1.82, 2.24) is 20.0 Å². The highest BCUT2D eigenvalue weighted by Gasteiger charge is 2.24. The number of ether oxygens (including phenoxy) is 1. The van der Waals surface area contributed by atoms with Gasteiger partial charge < -0.3 is 25.6 Å². The maximum absolute atomic E-state index is 12.9. The van der Waals surface area contributed by atoms with Gasteiger partial charge in [-0.1, -0.05) is 6.07 Å². The third kappa shape index (κ3) is 3.81. The van der Waals surface area contributed by atoms with Crippen LogP contribution in [0.25, 0.3) is 27.7 Å². The lowest BCUT2D eigenvalue weighted by Crippen LogP contribution is -2.32. The zero-order valence-electron chi connectivity index (χ0n) is 16.1. The average Bonchev–Trinajstić information content (AvgIpc) is 3.27. The van der Waals surface area contributed by atoms with E-state index in [1.54, 1.807) is 24.4 Å². The van der Waals surface area contributed by atoms with Gasteiger partial charge in [-0.3, -0.25) is 0 Å². The standard InChI is InChI=1S/C19H14BF2N5O5/c21-19(22)32-15-8-14(27-5-1-4-24-27)11(7-12(15)20(30)31)9-2-3-10-13(6-9)25-26-17(16(10)23)18(28)29/h1-8,19,30-31H,(H2,23,25)(H,28,29). The monoisotopic (exact) mass is 441 g/mol. The van der Waals surface area contributed by atoms with E-state index in [4.69, 9.17) is 10.8 Å². The molecule has 0 aliphatic heterocycles. The first kappa shape index (κ1) is 21.1. The number of fused-ring (bicyclic) bond motifs is 1. The van der Waals surface area contributed by atoms with Crippen LogP contribution in [0.15, 0.2) is 48.8 Å². The van der Waals surface area contributed by atoms with Gasteiger partial charge in [-0.05, 0) is 29.8 Å². The molecule has 32 heavy (non-hydrogen) atoms. The number of nitrogen functional groups attached to an aromatic ring is 1. The Hall–Kier alpha value is -4.10. The molecular formula is C19H14BF2N5O5. The van der Waals surface area contributed by atoms with Crippen LogP contribution in [0.4, 0.5) is 14.5 Å². The summed E-state index contributed by atoms with van der Waals surface area (Å²) in [5.41, 5.74) is 6.59. The molecule has 10 nitrogen and oxygen atoms in total. The summed E-state index contributed by atoms with van der Waals surface area (Å²) in [5.74, 6) is -1.75. The van der Waals surface area contributed by atoms with Crippen molar-refractivity contribution in [1.29, 1.82) is 0 Å². The summed E-state index contributed by atoms with van der Waals surface area (Å²) in [6.45, 7) is -3.19. The Balaban J connectivity index is 1.95. The van der Waals surface area contributed by atoms with E-state index in [1.165, 1.54) is 29.1 Å². The van der Waals surface area contributed by atoms with Crippen LogP contribution in [-0.2, 0) is 0 Å². The van der Waals surface area contributed by atoms with Gasteiger partial charge in [-0.25, -0.2) is 9.48 Å². The average molecular weight is 441 g/mol. The van der Waals surface area contributed by atoms with Gasteiger partial charge in [-0.2, -0.15) is 13.9 Å². The van der Waals surface area contributed by atoms with E-state index in [2.05, 4.69) is 20.0 Å².